The third kappa shape index (κ3) is 4.75. The lowest BCUT2D eigenvalue weighted by Crippen LogP contribution is -2.42. The molecule has 178 valence electrons. The Balaban J connectivity index is 1.51. The van der Waals surface area contributed by atoms with Gasteiger partial charge in [-0.15, -0.1) is 0 Å². The van der Waals surface area contributed by atoms with Crippen LogP contribution in [-0.4, -0.2) is 61.2 Å². The van der Waals surface area contributed by atoms with E-state index in [4.69, 9.17) is 0 Å². The van der Waals surface area contributed by atoms with Gasteiger partial charge in [0.1, 0.15) is 26.4 Å². The molecule has 1 fully saturated rings. The highest BCUT2D eigenvalue weighted by molar-refractivity contribution is 9.10. The summed E-state index contributed by atoms with van der Waals surface area (Å²) in [5, 5.41) is 6.94. The quantitative estimate of drug-likeness (QED) is 0.521. The van der Waals surface area contributed by atoms with E-state index in [1.165, 1.54) is 32.3 Å². The zero-order chi connectivity index (χ0) is 24.0. The number of nitrogens with zero attached hydrogens (tertiary/aromatic N) is 7. The molecule has 0 bridgehead atoms. The summed E-state index contributed by atoms with van der Waals surface area (Å²) in [7, 11) is -0.378. The fourth-order valence-corrected chi connectivity index (χ4v) is 5.36. The Morgan fingerprint density at radius 1 is 1.12 bits per heavy atom. The highest BCUT2D eigenvalue weighted by Gasteiger charge is 2.37. The van der Waals surface area contributed by atoms with E-state index in [1.54, 1.807) is 14.1 Å². The van der Waals surface area contributed by atoms with Crippen LogP contribution in [-0.2, 0) is 30.3 Å². The van der Waals surface area contributed by atoms with Crippen LogP contribution in [0.25, 0.3) is 11.4 Å². The number of halogens is 4. The Labute approximate surface area is 196 Å². The van der Waals surface area contributed by atoms with Crippen molar-refractivity contribution in [1.29, 1.82) is 0 Å². The molecule has 0 aromatic carbocycles. The molecule has 0 atom stereocenters. The molecule has 10 nitrogen and oxygen atoms in total. The van der Waals surface area contributed by atoms with E-state index in [0.29, 0.717) is 17.4 Å². The summed E-state index contributed by atoms with van der Waals surface area (Å²) in [6, 6.07) is -0.206. The van der Waals surface area contributed by atoms with Gasteiger partial charge < -0.3 is 9.88 Å². The molecular weight excluding hydrogens is 529 g/mol. The normalized spacial score (nSPS) is 16.3. The number of hydrogen-bond acceptors (Lipinski definition) is 7. The molecule has 1 aliphatic heterocycles. The van der Waals surface area contributed by atoms with E-state index >= 15 is 0 Å². The zero-order valence-corrected chi connectivity index (χ0v) is 20.0. The van der Waals surface area contributed by atoms with Crippen LogP contribution >= 0.6 is 15.9 Å². The summed E-state index contributed by atoms with van der Waals surface area (Å²) >= 11 is 3.24. The molecule has 1 aliphatic rings. The first-order valence-electron chi connectivity index (χ1n) is 9.83. The van der Waals surface area contributed by atoms with E-state index in [-0.39, 0.29) is 41.4 Å². The number of imidazole rings is 1. The lowest BCUT2D eigenvalue weighted by atomic mass is 10.1. The van der Waals surface area contributed by atoms with Crippen molar-refractivity contribution >= 4 is 31.9 Å². The van der Waals surface area contributed by atoms with Crippen LogP contribution in [0.15, 0.2) is 34.4 Å². The van der Waals surface area contributed by atoms with Crippen molar-refractivity contribution < 1.29 is 21.6 Å². The molecule has 0 unspecified atom stereocenters. The smallest absolute Gasteiger partial charge is 0.351 e. The first-order valence-corrected chi connectivity index (χ1v) is 12.1. The SMILES string of the molecule is Cn1cc(S(=O)(=O)N2CCC(Nc3ncc(C(F)(F)F)c(-c4ncn(C)c4Br)n3)CC2)cn1. The van der Waals surface area contributed by atoms with Crippen molar-refractivity contribution in [3.8, 4) is 11.4 Å². The van der Waals surface area contributed by atoms with Gasteiger partial charge in [0, 0.05) is 45.6 Å². The summed E-state index contributed by atoms with van der Waals surface area (Å²) in [6.07, 6.45) is 1.07. The van der Waals surface area contributed by atoms with Crippen LogP contribution in [0.3, 0.4) is 0 Å². The number of piperidine rings is 1. The largest absolute Gasteiger partial charge is 0.420 e. The van der Waals surface area contributed by atoms with Gasteiger partial charge in [-0.05, 0) is 28.8 Å². The molecular formula is C18H20BrF3N8O2S. The number of sulfonamides is 1. The van der Waals surface area contributed by atoms with Crippen LogP contribution in [0.5, 0.6) is 0 Å². The van der Waals surface area contributed by atoms with Gasteiger partial charge in [-0.3, -0.25) is 4.68 Å². The van der Waals surface area contributed by atoms with Gasteiger partial charge in [-0.1, -0.05) is 0 Å². The number of anilines is 1. The van der Waals surface area contributed by atoms with Gasteiger partial charge in [-0.25, -0.2) is 23.4 Å². The summed E-state index contributed by atoms with van der Waals surface area (Å²) in [4.78, 5) is 12.1. The number of aromatic nitrogens is 6. The fourth-order valence-electron chi connectivity index (χ4n) is 3.52. The minimum Gasteiger partial charge on any atom is -0.351 e. The van der Waals surface area contributed by atoms with E-state index in [1.807, 2.05) is 0 Å². The number of nitrogens with one attached hydrogen (secondary N) is 1. The van der Waals surface area contributed by atoms with E-state index in [9.17, 15) is 21.6 Å². The third-order valence-corrected chi connectivity index (χ3v) is 8.08. The Morgan fingerprint density at radius 3 is 2.36 bits per heavy atom. The molecule has 1 saturated heterocycles. The van der Waals surface area contributed by atoms with Crippen molar-refractivity contribution in [3.63, 3.8) is 0 Å². The predicted octanol–water partition coefficient (Wildman–Crippen LogP) is 2.66. The van der Waals surface area contributed by atoms with E-state index < -0.39 is 21.8 Å². The predicted molar refractivity (Wildman–Crippen MR) is 116 cm³/mol. The molecule has 33 heavy (non-hydrogen) atoms. The Morgan fingerprint density at radius 2 is 1.82 bits per heavy atom. The molecule has 0 spiro atoms. The molecule has 4 heterocycles. The molecule has 0 aliphatic carbocycles. The average Bonchev–Trinajstić information content (AvgIpc) is 3.34. The molecule has 4 rings (SSSR count). The topological polar surface area (TPSA) is 111 Å². The second-order valence-corrected chi connectivity index (χ2v) is 10.3. The molecule has 0 saturated carbocycles. The maximum Gasteiger partial charge on any atom is 0.420 e. The number of hydrogen-bond donors (Lipinski definition) is 1. The van der Waals surface area contributed by atoms with Crippen molar-refractivity contribution in [2.24, 2.45) is 14.1 Å². The maximum absolute atomic E-state index is 13.5. The molecule has 3 aromatic rings. The minimum absolute atomic E-state index is 0.0177. The summed E-state index contributed by atoms with van der Waals surface area (Å²) < 4.78 is 70.8. The Hall–Kier alpha value is -2.52. The summed E-state index contributed by atoms with van der Waals surface area (Å²) in [5.41, 5.74) is -1.29. The van der Waals surface area contributed by atoms with Gasteiger partial charge in [0.05, 0.1) is 12.5 Å². The van der Waals surface area contributed by atoms with Crippen LogP contribution < -0.4 is 5.32 Å². The lowest BCUT2D eigenvalue weighted by molar-refractivity contribution is -0.137. The molecule has 15 heteroatoms. The summed E-state index contributed by atoms with van der Waals surface area (Å²) in [5.74, 6) is 0.0177. The first-order chi connectivity index (χ1) is 15.5. The standard InChI is InChI=1S/C18H20BrF3N8O2S/c1-28-10-24-15(16(28)19)14-13(18(20,21)22)8-23-17(27-14)26-11-3-5-30(6-4-11)33(31,32)12-7-25-29(2)9-12/h7-11H,3-6H2,1-2H3,(H,23,26,27). The van der Waals surface area contributed by atoms with Crippen molar-refractivity contribution in [2.45, 2.75) is 30.0 Å². The van der Waals surface area contributed by atoms with Crippen molar-refractivity contribution in [1.82, 2.24) is 33.6 Å². The second kappa shape index (κ2) is 8.68. The first kappa shape index (κ1) is 23.6. The van der Waals surface area contributed by atoms with Gasteiger partial charge in [0.2, 0.25) is 16.0 Å². The van der Waals surface area contributed by atoms with Gasteiger partial charge >= 0.3 is 6.18 Å². The van der Waals surface area contributed by atoms with E-state index in [0.717, 1.165) is 6.20 Å². The zero-order valence-electron chi connectivity index (χ0n) is 17.6. The van der Waals surface area contributed by atoms with Gasteiger partial charge in [-0.2, -0.15) is 22.6 Å². The molecule has 0 amide bonds. The third-order valence-electron chi connectivity index (χ3n) is 5.29. The van der Waals surface area contributed by atoms with Crippen LogP contribution in [0.2, 0.25) is 0 Å². The molecule has 0 radical (unpaired) electrons. The van der Waals surface area contributed by atoms with Crippen molar-refractivity contribution in [3.05, 3.63) is 35.1 Å². The number of rotatable bonds is 5. The highest BCUT2D eigenvalue weighted by atomic mass is 79.9. The molecule has 1 N–H and O–H groups in total. The summed E-state index contributed by atoms with van der Waals surface area (Å²) in [6.45, 7) is 0.488. The maximum atomic E-state index is 13.5. The van der Waals surface area contributed by atoms with Gasteiger partial charge in [0.25, 0.3) is 0 Å². The Kier molecular flexibility index (Phi) is 6.22. The average molecular weight is 549 g/mol. The monoisotopic (exact) mass is 548 g/mol. The van der Waals surface area contributed by atoms with Crippen LogP contribution in [0.1, 0.15) is 18.4 Å². The second-order valence-electron chi connectivity index (χ2n) is 7.62. The fraction of sp³-hybridized carbons (Fsp3) is 0.444. The number of aryl methyl sites for hydroxylation is 2. The van der Waals surface area contributed by atoms with Crippen LogP contribution in [0.4, 0.5) is 19.1 Å². The van der Waals surface area contributed by atoms with Gasteiger partial charge in [0.15, 0.2) is 0 Å². The van der Waals surface area contributed by atoms with E-state index in [2.05, 4.69) is 41.3 Å². The highest BCUT2D eigenvalue weighted by Crippen LogP contribution is 2.38. The molecule has 3 aromatic heterocycles. The number of alkyl halides is 3. The van der Waals surface area contributed by atoms with Crippen molar-refractivity contribution in [2.75, 3.05) is 18.4 Å². The minimum atomic E-state index is -4.66. The van der Waals surface area contributed by atoms with Crippen LogP contribution in [0, 0.1) is 0 Å². The lowest BCUT2D eigenvalue weighted by Gasteiger charge is -2.31. The Bertz CT molecular complexity index is 1270.